The van der Waals surface area contributed by atoms with E-state index < -0.39 is 51.0 Å². The number of ether oxygens (including phenoxy) is 3. The second-order valence-electron chi connectivity index (χ2n) is 8.12. The molecule has 0 aliphatic heterocycles. The highest BCUT2D eigenvalue weighted by atomic mass is 35.5. The Kier molecular flexibility index (Phi) is 5.22. The lowest BCUT2D eigenvalue weighted by molar-refractivity contribution is -0.222. The maximum absolute atomic E-state index is 12.5. The van der Waals surface area contributed by atoms with Crippen molar-refractivity contribution in [1.82, 2.24) is 0 Å². The van der Waals surface area contributed by atoms with Crippen LogP contribution in [-0.2, 0) is 19.0 Å². The van der Waals surface area contributed by atoms with Crippen LogP contribution in [0.5, 0.6) is 0 Å². The van der Waals surface area contributed by atoms with Crippen molar-refractivity contribution in [3.8, 4) is 0 Å². The van der Waals surface area contributed by atoms with Crippen molar-refractivity contribution >= 4 is 52.4 Å². The third-order valence-corrected chi connectivity index (χ3v) is 8.39. The van der Waals surface area contributed by atoms with E-state index in [-0.39, 0.29) is 10.1 Å². The van der Waals surface area contributed by atoms with Crippen molar-refractivity contribution in [2.45, 2.75) is 48.5 Å². The molecule has 0 saturated heterocycles. The van der Waals surface area contributed by atoms with Gasteiger partial charge >= 0.3 is 5.97 Å². The second-order valence-corrected chi connectivity index (χ2v) is 10.1. The van der Waals surface area contributed by atoms with Crippen LogP contribution in [0.25, 0.3) is 0 Å². The quantitative estimate of drug-likeness (QED) is 0.301. The second kappa shape index (κ2) is 6.49. The van der Waals surface area contributed by atoms with Gasteiger partial charge < -0.3 is 19.3 Å². The molecule has 0 heterocycles. The van der Waals surface area contributed by atoms with Gasteiger partial charge in [0.1, 0.15) is 15.9 Å². The molecule has 3 aliphatic rings. The molecule has 1 N–H and O–H groups in total. The van der Waals surface area contributed by atoms with E-state index >= 15 is 0 Å². The summed E-state index contributed by atoms with van der Waals surface area (Å²) in [5.74, 6) is -3.57. The summed E-state index contributed by atoms with van der Waals surface area (Å²) in [5.41, 5.74) is -0.730. The fourth-order valence-electron chi connectivity index (χ4n) is 4.53. The first-order chi connectivity index (χ1) is 12.3. The molecule has 1 saturated carbocycles. The number of aliphatic hydroxyl groups is 1. The Balaban J connectivity index is 2.18. The molecule has 0 spiro atoms. The van der Waals surface area contributed by atoms with Crippen LogP contribution in [0.2, 0.25) is 0 Å². The molecule has 6 atom stereocenters. The predicted molar refractivity (Wildman–Crippen MR) is 104 cm³/mol. The van der Waals surface area contributed by atoms with Gasteiger partial charge in [0.25, 0.3) is 0 Å². The number of carbonyl (C=O) groups excluding carboxylic acids is 1. The Hall–Kier alpha value is -0.0100. The Morgan fingerprint density at radius 2 is 1.52 bits per heavy atom. The molecule has 0 aromatic rings. The Bertz CT molecular complexity index is 726. The molecule has 9 heteroatoms. The van der Waals surface area contributed by atoms with Gasteiger partial charge in [-0.05, 0) is 26.8 Å². The van der Waals surface area contributed by atoms with Gasteiger partial charge in [0, 0.05) is 26.1 Å². The van der Waals surface area contributed by atoms with Gasteiger partial charge in [-0.15, -0.1) is 23.2 Å². The highest BCUT2D eigenvalue weighted by Gasteiger charge is 2.86. The lowest BCUT2D eigenvalue weighted by atomic mass is 9.72. The summed E-state index contributed by atoms with van der Waals surface area (Å²) in [5, 5.41) is 10.8. The highest BCUT2D eigenvalue weighted by Crippen LogP contribution is 2.75. The summed E-state index contributed by atoms with van der Waals surface area (Å²) in [4.78, 5) is 9.39. The zero-order valence-electron chi connectivity index (χ0n) is 15.6. The number of halogens is 4. The molecule has 0 radical (unpaired) electrons. The molecule has 3 rings (SSSR count). The predicted octanol–water partition coefficient (Wildman–Crippen LogP) is 3.77. The number of rotatable bonds is 3. The average Bonchev–Trinajstić information content (AvgIpc) is 2.85. The number of hydrogen-bond acceptors (Lipinski definition) is 5. The first-order valence-corrected chi connectivity index (χ1v) is 9.97. The Morgan fingerprint density at radius 3 is 1.96 bits per heavy atom. The molecule has 0 aromatic heterocycles. The smallest absolute Gasteiger partial charge is 0.311 e. The molecule has 152 valence electrons. The maximum atomic E-state index is 12.5. The molecule has 1 fully saturated rings. The topological polar surface area (TPSA) is 65.0 Å². The first kappa shape index (κ1) is 21.7. The van der Waals surface area contributed by atoms with E-state index in [0.717, 1.165) is 0 Å². The number of methoxy groups -OCH3 is 2. The van der Waals surface area contributed by atoms with Crippen molar-refractivity contribution in [2.75, 3.05) is 14.2 Å². The SMILES string of the molecule is COC1(OC)[C@@]2(Cl)C(Cl)=C(Cl)[C@]1(Cl)[C@H]1[C@@H]2[C@@H](O)C=C[C@H]1OC(=O)C(C)(C)C. The van der Waals surface area contributed by atoms with Crippen LogP contribution in [0.4, 0.5) is 0 Å². The Labute approximate surface area is 178 Å². The lowest BCUT2D eigenvalue weighted by Gasteiger charge is -2.43. The summed E-state index contributed by atoms with van der Waals surface area (Å²) >= 11 is 27.0. The van der Waals surface area contributed by atoms with E-state index in [2.05, 4.69) is 0 Å². The van der Waals surface area contributed by atoms with E-state index in [1.807, 2.05) is 0 Å². The number of aliphatic hydroxyl groups excluding tert-OH is 1. The Morgan fingerprint density at radius 1 is 1.04 bits per heavy atom. The van der Waals surface area contributed by atoms with E-state index in [1.54, 1.807) is 26.8 Å². The van der Waals surface area contributed by atoms with E-state index in [4.69, 9.17) is 60.6 Å². The monoisotopic (exact) mass is 458 g/mol. The minimum atomic E-state index is -1.66. The van der Waals surface area contributed by atoms with E-state index in [1.165, 1.54) is 20.3 Å². The maximum Gasteiger partial charge on any atom is 0.311 e. The van der Waals surface area contributed by atoms with E-state index in [9.17, 15) is 9.90 Å². The third-order valence-electron chi connectivity index (χ3n) is 5.75. The lowest BCUT2D eigenvalue weighted by Crippen LogP contribution is -2.58. The van der Waals surface area contributed by atoms with Gasteiger partial charge in [0.05, 0.1) is 21.6 Å². The molecule has 27 heavy (non-hydrogen) atoms. The molecule has 0 unspecified atom stereocenters. The van der Waals surface area contributed by atoms with Gasteiger partial charge in [-0.1, -0.05) is 29.3 Å². The number of hydrogen-bond donors (Lipinski definition) is 1. The molecule has 5 nitrogen and oxygen atoms in total. The highest BCUT2D eigenvalue weighted by molar-refractivity contribution is 6.52. The standard InChI is InChI=1S/C18H22Cl4O5/c1-15(2,3)14(24)27-9-7-6-8(23)10-11(9)17(22)13(20)12(19)16(10,21)18(17,25-4)26-5/h6-11,23H,1-5H3/t8-,9+,10-,11+,16-,17+/m0/s1. The molecular weight excluding hydrogens is 438 g/mol. The van der Waals surface area contributed by atoms with Crippen molar-refractivity contribution in [1.29, 1.82) is 0 Å². The van der Waals surface area contributed by atoms with Crippen molar-refractivity contribution in [3.05, 3.63) is 22.2 Å². The van der Waals surface area contributed by atoms with Crippen LogP contribution in [0.3, 0.4) is 0 Å². The van der Waals surface area contributed by atoms with Crippen LogP contribution >= 0.6 is 46.4 Å². The van der Waals surface area contributed by atoms with Crippen molar-refractivity contribution < 1.29 is 24.1 Å². The summed E-state index contributed by atoms with van der Waals surface area (Å²) in [6.07, 6.45) is 1.29. The minimum absolute atomic E-state index is 0.0565. The van der Waals surface area contributed by atoms with Gasteiger partial charge in [-0.3, -0.25) is 4.79 Å². The zero-order valence-corrected chi connectivity index (χ0v) is 18.6. The number of esters is 1. The van der Waals surface area contributed by atoms with E-state index in [0.29, 0.717) is 0 Å². The average molecular weight is 460 g/mol. The van der Waals surface area contributed by atoms with Gasteiger partial charge in [0.2, 0.25) is 5.79 Å². The fourth-order valence-corrected chi connectivity index (χ4v) is 6.80. The third kappa shape index (κ3) is 2.40. The number of alkyl halides is 2. The fraction of sp³-hybridized carbons (Fsp3) is 0.722. The molecular formula is C18H22Cl4O5. The molecule has 0 aromatic carbocycles. The molecule has 2 bridgehead atoms. The van der Waals surface area contributed by atoms with Crippen molar-refractivity contribution in [2.24, 2.45) is 17.3 Å². The molecule has 3 aliphatic carbocycles. The molecule has 0 amide bonds. The minimum Gasteiger partial charge on any atom is -0.457 e. The van der Waals surface area contributed by atoms with Crippen LogP contribution in [0.1, 0.15) is 20.8 Å². The summed E-state index contributed by atoms with van der Waals surface area (Å²) in [7, 11) is 2.76. The summed E-state index contributed by atoms with van der Waals surface area (Å²) in [6, 6.07) is 0. The number of fused-ring (bicyclic) bond motifs is 5. The number of carbonyl (C=O) groups is 1. The van der Waals surface area contributed by atoms with Crippen molar-refractivity contribution in [3.63, 3.8) is 0 Å². The largest absolute Gasteiger partial charge is 0.457 e. The first-order valence-electron chi connectivity index (χ1n) is 8.46. The summed E-state index contributed by atoms with van der Waals surface area (Å²) in [6.45, 7) is 5.23. The van der Waals surface area contributed by atoms with Crippen LogP contribution < -0.4 is 0 Å². The van der Waals surface area contributed by atoms with Crippen LogP contribution in [0.15, 0.2) is 22.2 Å². The van der Waals surface area contributed by atoms with Gasteiger partial charge in [-0.25, -0.2) is 0 Å². The zero-order chi connectivity index (χ0) is 20.6. The van der Waals surface area contributed by atoms with Gasteiger partial charge in [0.15, 0.2) is 0 Å². The van der Waals surface area contributed by atoms with Gasteiger partial charge in [-0.2, -0.15) is 0 Å². The normalized spacial score (nSPS) is 42.4. The summed E-state index contributed by atoms with van der Waals surface area (Å²) < 4.78 is 17.1. The van der Waals surface area contributed by atoms with Crippen LogP contribution in [-0.4, -0.2) is 53.0 Å². The van der Waals surface area contributed by atoms with Crippen LogP contribution in [0, 0.1) is 17.3 Å².